The van der Waals surface area contributed by atoms with Crippen LogP contribution >= 0.6 is 0 Å². The van der Waals surface area contributed by atoms with Crippen molar-refractivity contribution in [2.24, 2.45) is 0 Å². The van der Waals surface area contributed by atoms with Crippen LogP contribution in [0.1, 0.15) is 13.8 Å². The second kappa shape index (κ2) is 9.86. The van der Waals surface area contributed by atoms with Gasteiger partial charge in [0.05, 0.1) is 16.8 Å². The molecule has 1 aliphatic rings. The molecule has 1 fully saturated rings. The Bertz CT molecular complexity index is 1200. The van der Waals surface area contributed by atoms with Crippen molar-refractivity contribution in [2.45, 2.75) is 18.7 Å². The number of carbonyl (C=O) groups is 1. The molecule has 2 aromatic heterocycles. The van der Waals surface area contributed by atoms with E-state index in [9.17, 15) is 13.2 Å². The smallest absolute Gasteiger partial charge is 0.243 e. The van der Waals surface area contributed by atoms with Gasteiger partial charge in [-0.2, -0.15) is 4.31 Å². The van der Waals surface area contributed by atoms with Gasteiger partial charge in [0.25, 0.3) is 0 Å². The molecule has 0 saturated carbocycles. The fourth-order valence-corrected chi connectivity index (χ4v) is 5.51. The quantitative estimate of drug-likeness (QED) is 0.514. The molecule has 33 heavy (non-hydrogen) atoms. The van der Waals surface area contributed by atoms with Crippen molar-refractivity contribution in [3.05, 3.63) is 42.9 Å². The average Bonchev–Trinajstić information content (AvgIpc) is 3.30. The topological polar surface area (TPSA) is 115 Å². The summed E-state index contributed by atoms with van der Waals surface area (Å²) in [4.78, 5) is 28.8. The van der Waals surface area contributed by atoms with Crippen LogP contribution in [0.4, 0.5) is 11.5 Å². The minimum absolute atomic E-state index is 0.127. The van der Waals surface area contributed by atoms with Crippen molar-refractivity contribution in [3.8, 4) is 0 Å². The molecule has 4 rings (SSSR count). The van der Waals surface area contributed by atoms with Gasteiger partial charge < -0.3 is 15.2 Å². The third-order valence-corrected chi connectivity index (χ3v) is 7.92. The monoisotopic (exact) mass is 471 g/mol. The first kappa shape index (κ1) is 23.1. The van der Waals surface area contributed by atoms with E-state index in [4.69, 9.17) is 0 Å². The highest BCUT2D eigenvalue weighted by atomic mass is 32.2. The van der Waals surface area contributed by atoms with E-state index in [1.807, 2.05) is 26.1 Å². The molecule has 1 amide bonds. The molecule has 0 aliphatic carbocycles. The molecule has 0 bridgehead atoms. The van der Waals surface area contributed by atoms with E-state index in [2.05, 4.69) is 30.1 Å². The normalized spacial score (nSPS) is 15.3. The number of H-pyrrole nitrogens is 1. The fourth-order valence-electron chi connectivity index (χ4n) is 4.05. The molecule has 3 aromatic rings. The molecule has 0 unspecified atom stereocenters. The number of hydrogen-bond donors (Lipinski definition) is 2. The Hall–Kier alpha value is -3.02. The van der Waals surface area contributed by atoms with Gasteiger partial charge in [0.2, 0.25) is 15.9 Å². The number of benzene rings is 1. The molecule has 176 valence electrons. The standard InChI is InChI=1S/C22H29N7O3S/c1-3-29(4-2)33(31,32)18-7-5-17(6-8-18)26-20(30)15-27-11-13-28(14-12-27)22-19-9-10-23-21(19)24-16-25-22/h5-10,16H,3-4,11-15H2,1-2H3,(H,26,30)(H,23,24,25). The number of hydrogen-bond acceptors (Lipinski definition) is 7. The van der Waals surface area contributed by atoms with Crippen LogP contribution in [-0.2, 0) is 14.8 Å². The lowest BCUT2D eigenvalue weighted by Gasteiger charge is -2.35. The molecule has 1 saturated heterocycles. The maximum atomic E-state index is 12.6. The summed E-state index contributed by atoms with van der Waals surface area (Å²) in [5.41, 5.74) is 1.39. The van der Waals surface area contributed by atoms with E-state index in [0.717, 1.165) is 43.0 Å². The zero-order valence-corrected chi connectivity index (χ0v) is 19.7. The lowest BCUT2D eigenvalue weighted by Crippen LogP contribution is -2.49. The summed E-state index contributed by atoms with van der Waals surface area (Å²) in [6.45, 7) is 7.74. The highest BCUT2D eigenvalue weighted by Crippen LogP contribution is 2.23. The molecular formula is C22H29N7O3S. The van der Waals surface area contributed by atoms with Gasteiger partial charge in [-0.15, -0.1) is 0 Å². The molecule has 10 nitrogen and oxygen atoms in total. The number of aromatic nitrogens is 3. The predicted octanol–water partition coefficient (Wildman–Crippen LogP) is 1.75. The minimum atomic E-state index is -3.51. The van der Waals surface area contributed by atoms with E-state index in [-0.39, 0.29) is 17.3 Å². The van der Waals surface area contributed by atoms with Gasteiger partial charge in [-0.1, -0.05) is 13.8 Å². The van der Waals surface area contributed by atoms with Gasteiger partial charge in [0.15, 0.2) is 0 Å². The Morgan fingerprint density at radius 1 is 1.06 bits per heavy atom. The number of amides is 1. The largest absolute Gasteiger partial charge is 0.353 e. The van der Waals surface area contributed by atoms with Crippen LogP contribution in [0.15, 0.2) is 47.8 Å². The van der Waals surface area contributed by atoms with Crippen molar-refractivity contribution in [2.75, 3.05) is 56.0 Å². The number of aromatic amines is 1. The molecule has 1 aromatic carbocycles. The maximum Gasteiger partial charge on any atom is 0.243 e. The van der Waals surface area contributed by atoms with Crippen LogP contribution in [0, 0.1) is 0 Å². The summed E-state index contributed by atoms with van der Waals surface area (Å²) in [6.07, 6.45) is 3.42. The molecular weight excluding hydrogens is 442 g/mol. The Morgan fingerprint density at radius 3 is 2.42 bits per heavy atom. The summed E-state index contributed by atoms with van der Waals surface area (Å²) < 4.78 is 26.6. The average molecular weight is 472 g/mol. The SMILES string of the molecule is CCN(CC)S(=O)(=O)c1ccc(NC(=O)CN2CCN(c3ncnc4[nH]ccc34)CC2)cc1. The van der Waals surface area contributed by atoms with Gasteiger partial charge in [-0.05, 0) is 30.3 Å². The highest BCUT2D eigenvalue weighted by molar-refractivity contribution is 7.89. The zero-order valence-electron chi connectivity index (χ0n) is 18.9. The summed E-state index contributed by atoms with van der Waals surface area (Å²) >= 11 is 0. The third kappa shape index (κ3) is 5.00. The van der Waals surface area contributed by atoms with Crippen LogP contribution in [0.25, 0.3) is 11.0 Å². The minimum Gasteiger partial charge on any atom is -0.353 e. The maximum absolute atomic E-state index is 12.6. The van der Waals surface area contributed by atoms with Gasteiger partial charge in [-0.3, -0.25) is 9.69 Å². The Balaban J connectivity index is 1.30. The number of sulfonamides is 1. The van der Waals surface area contributed by atoms with Crippen LogP contribution in [0.2, 0.25) is 0 Å². The summed E-state index contributed by atoms with van der Waals surface area (Å²) in [7, 11) is -3.51. The third-order valence-electron chi connectivity index (χ3n) is 5.85. The lowest BCUT2D eigenvalue weighted by atomic mass is 10.2. The van der Waals surface area contributed by atoms with E-state index in [0.29, 0.717) is 18.8 Å². The van der Waals surface area contributed by atoms with Crippen LogP contribution < -0.4 is 10.2 Å². The van der Waals surface area contributed by atoms with Crippen LogP contribution in [0.5, 0.6) is 0 Å². The van der Waals surface area contributed by atoms with E-state index in [1.165, 1.54) is 16.4 Å². The van der Waals surface area contributed by atoms with Crippen LogP contribution in [0.3, 0.4) is 0 Å². The van der Waals surface area contributed by atoms with E-state index >= 15 is 0 Å². The van der Waals surface area contributed by atoms with E-state index in [1.54, 1.807) is 18.5 Å². The predicted molar refractivity (Wildman–Crippen MR) is 128 cm³/mol. The number of nitrogens with one attached hydrogen (secondary N) is 2. The summed E-state index contributed by atoms with van der Waals surface area (Å²) in [6, 6.07) is 8.30. The van der Waals surface area contributed by atoms with Gasteiger partial charge >= 0.3 is 0 Å². The van der Waals surface area contributed by atoms with Crippen molar-refractivity contribution < 1.29 is 13.2 Å². The lowest BCUT2D eigenvalue weighted by molar-refractivity contribution is -0.117. The molecule has 0 radical (unpaired) electrons. The fraction of sp³-hybridized carbons (Fsp3) is 0.409. The number of piperazine rings is 1. The Morgan fingerprint density at radius 2 is 1.76 bits per heavy atom. The molecule has 0 spiro atoms. The molecule has 3 heterocycles. The number of rotatable bonds is 8. The second-order valence-electron chi connectivity index (χ2n) is 7.86. The zero-order chi connectivity index (χ0) is 23.4. The van der Waals surface area contributed by atoms with Gasteiger partial charge in [0.1, 0.15) is 17.8 Å². The molecule has 2 N–H and O–H groups in total. The molecule has 1 aliphatic heterocycles. The Labute approximate surface area is 193 Å². The highest BCUT2D eigenvalue weighted by Gasteiger charge is 2.23. The first-order valence-electron chi connectivity index (χ1n) is 11.1. The second-order valence-corrected chi connectivity index (χ2v) is 9.80. The number of nitrogens with zero attached hydrogens (tertiary/aromatic N) is 5. The first-order chi connectivity index (χ1) is 15.9. The van der Waals surface area contributed by atoms with Crippen LogP contribution in [-0.4, -0.2) is 84.3 Å². The number of anilines is 2. The Kier molecular flexibility index (Phi) is 6.91. The van der Waals surface area contributed by atoms with Crippen molar-refractivity contribution in [1.82, 2.24) is 24.2 Å². The summed E-state index contributed by atoms with van der Waals surface area (Å²) in [5.74, 6) is 0.781. The number of carbonyl (C=O) groups excluding carboxylic acids is 1. The van der Waals surface area contributed by atoms with Gasteiger partial charge in [-0.25, -0.2) is 18.4 Å². The summed E-state index contributed by atoms with van der Waals surface area (Å²) in [5, 5.41) is 3.86. The van der Waals surface area contributed by atoms with Gasteiger partial charge in [0, 0.05) is 51.2 Å². The first-order valence-corrected chi connectivity index (χ1v) is 12.5. The van der Waals surface area contributed by atoms with Crippen molar-refractivity contribution in [1.29, 1.82) is 0 Å². The molecule has 11 heteroatoms. The van der Waals surface area contributed by atoms with Crippen molar-refractivity contribution in [3.63, 3.8) is 0 Å². The number of fused-ring (bicyclic) bond motifs is 1. The van der Waals surface area contributed by atoms with E-state index < -0.39 is 10.0 Å². The van der Waals surface area contributed by atoms with Crippen molar-refractivity contribution >= 4 is 38.5 Å². The molecule has 0 atom stereocenters.